The molecular weight excluding hydrogens is 468 g/mol. The van der Waals surface area contributed by atoms with Crippen LogP contribution in [0.3, 0.4) is 0 Å². The molecule has 0 aliphatic heterocycles. The van der Waals surface area contributed by atoms with Crippen molar-refractivity contribution in [3.05, 3.63) is 128 Å². The molecule has 0 N–H and O–H groups in total. The molecule has 0 atom stereocenters. The molecule has 2 nitrogen and oxygen atoms in total. The maximum absolute atomic E-state index is 5.11. The van der Waals surface area contributed by atoms with Gasteiger partial charge in [0.15, 0.2) is 5.82 Å². The van der Waals surface area contributed by atoms with Crippen molar-refractivity contribution in [3.63, 3.8) is 0 Å². The van der Waals surface area contributed by atoms with Crippen molar-refractivity contribution in [1.82, 2.24) is 9.97 Å². The summed E-state index contributed by atoms with van der Waals surface area (Å²) >= 11 is 1.68. The van der Waals surface area contributed by atoms with Crippen molar-refractivity contribution >= 4 is 70.9 Å². The fourth-order valence-corrected chi connectivity index (χ4v) is 6.23. The van der Waals surface area contributed by atoms with Gasteiger partial charge in [-0.15, -0.1) is 11.3 Å². The zero-order valence-corrected chi connectivity index (χ0v) is 21.2. The smallest absolute Gasteiger partial charge is 0.161 e. The summed E-state index contributed by atoms with van der Waals surface area (Å²) in [6, 6.07) is 23.5. The van der Waals surface area contributed by atoms with Crippen molar-refractivity contribution in [3.8, 4) is 11.3 Å². The molecule has 0 bridgehead atoms. The normalized spacial score (nSPS) is 11.8. The van der Waals surface area contributed by atoms with Crippen LogP contribution in [0.2, 0.25) is 0 Å². The third kappa shape index (κ3) is 3.55. The van der Waals surface area contributed by atoms with Gasteiger partial charge in [-0.05, 0) is 44.8 Å². The number of allylic oxidation sites excluding steroid dienone is 4. The molecule has 0 aliphatic carbocycles. The molecule has 0 amide bonds. The van der Waals surface area contributed by atoms with Crippen LogP contribution >= 0.6 is 11.3 Å². The zero-order chi connectivity index (χ0) is 25.5. The van der Waals surface area contributed by atoms with E-state index in [-0.39, 0.29) is 0 Å². The minimum absolute atomic E-state index is 0.637. The van der Waals surface area contributed by atoms with Crippen LogP contribution in [-0.2, 0) is 0 Å². The first-order valence-electron chi connectivity index (χ1n) is 12.1. The van der Waals surface area contributed by atoms with Crippen LogP contribution in [0, 0.1) is 0 Å². The largest absolute Gasteiger partial charge is 0.227 e. The molecule has 0 spiro atoms. The fraction of sp³-hybridized carbons (Fsp3) is 0. The van der Waals surface area contributed by atoms with Gasteiger partial charge in [-0.2, -0.15) is 0 Å². The molecule has 2 heterocycles. The molecule has 0 aliphatic rings. The predicted molar refractivity (Wildman–Crippen MR) is 164 cm³/mol. The molecular formula is C34H24N2S. The van der Waals surface area contributed by atoms with E-state index in [9.17, 15) is 0 Å². The second-order valence-electron chi connectivity index (χ2n) is 8.78. The standard InChI is InChI=1S/C34H24N2S/c1-5-13-21(6-2)33-35-32(31-28-16-11-12-17-30(28)37-34(31)36-33)22-18-19-27-26-15-10-9-14-25(26)23(7-3)24(8-4)29(27)20-22/h5-20H,1-4H2/b21-13+. The lowest BCUT2D eigenvalue weighted by molar-refractivity contribution is 1.18. The van der Waals surface area contributed by atoms with Gasteiger partial charge in [0.25, 0.3) is 0 Å². The number of hydrogen-bond acceptors (Lipinski definition) is 3. The minimum atomic E-state index is 0.637. The van der Waals surface area contributed by atoms with Gasteiger partial charge >= 0.3 is 0 Å². The Morgan fingerprint density at radius 2 is 1.38 bits per heavy atom. The second-order valence-corrected chi connectivity index (χ2v) is 9.81. The van der Waals surface area contributed by atoms with Crippen molar-refractivity contribution in [1.29, 1.82) is 0 Å². The van der Waals surface area contributed by atoms with Gasteiger partial charge < -0.3 is 0 Å². The summed E-state index contributed by atoms with van der Waals surface area (Å²) in [6.07, 6.45) is 9.26. The van der Waals surface area contributed by atoms with E-state index >= 15 is 0 Å². The van der Waals surface area contributed by atoms with Gasteiger partial charge in [-0.1, -0.05) is 111 Å². The average Bonchev–Trinajstić information content (AvgIpc) is 3.32. The predicted octanol–water partition coefficient (Wildman–Crippen LogP) is 9.86. The van der Waals surface area contributed by atoms with Gasteiger partial charge in [0.1, 0.15) is 4.83 Å². The second kappa shape index (κ2) is 9.12. The summed E-state index contributed by atoms with van der Waals surface area (Å²) in [7, 11) is 0. The Balaban J connectivity index is 1.75. The monoisotopic (exact) mass is 492 g/mol. The molecule has 3 heteroatoms. The Bertz CT molecular complexity index is 1950. The van der Waals surface area contributed by atoms with E-state index in [0.717, 1.165) is 48.9 Å². The number of benzene rings is 4. The van der Waals surface area contributed by atoms with Crippen LogP contribution in [0.15, 0.2) is 111 Å². The number of fused-ring (bicyclic) bond motifs is 6. The van der Waals surface area contributed by atoms with E-state index in [4.69, 9.17) is 9.97 Å². The van der Waals surface area contributed by atoms with Crippen LogP contribution in [0.25, 0.3) is 70.8 Å². The SMILES string of the molecule is C=C/C=C(\C=C)c1nc(-c2ccc3c(c2)c(C=C)c(C=C)c2ccccc23)c2c(n1)sc1ccccc12. The maximum Gasteiger partial charge on any atom is 0.161 e. The summed E-state index contributed by atoms with van der Waals surface area (Å²) in [5.74, 6) is 0.637. The van der Waals surface area contributed by atoms with Crippen LogP contribution in [0.5, 0.6) is 0 Å². The van der Waals surface area contributed by atoms with E-state index in [0.29, 0.717) is 5.82 Å². The highest BCUT2D eigenvalue weighted by Gasteiger charge is 2.18. The Morgan fingerprint density at radius 3 is 2.11 bits per heavy atom. The third-order valence-electron chi connectivity index (χ3n) is 6.80. The highest BCUT2D eigenvalue weighted by molar-refractivity contribution is 7.25. The molecule has 4 aromatic carbocycles. The van der Waals surface area contributed by atoms with Gasteiger partial charge in [-0.3, -0.25) is 0 Å². The maximum atomic E-state index is 5.11. The highest BCUT2D eigenvalue weighted by Crippen LogP contribution is 2.41. The van der Waals surface area contributed by atoms with Crippen molar-refractivity contribution in [2.24, 2.45) is 0 Å². The average molecular weight is 493 g/mol. The molecule has 6 rings (SSSR count). The van der Waals surface area contributed by atoms with Crippen LogP contribution in [-0.4, -0.2) is 9.97 Å². The van der Waals surface area contributed by atoms with Crippen LogP contribution in [0.4, 0.5) is 0 Å². The number of aromatic nitrogens is 2. The number of nitrogens with zero attached hydrogens (tertiary/aromatic N) is 2. The number of rotatable bonds is 6. The molecule has 37 heavy (non-hydrogen) atoms. The Morgan fingerprint density at radius 1 is 0.703 bits per heavy atom. The molecule has 0 unspecified atom stereocenters. The Kier molecular flexibility index (Phi) is 5.63. The summed E-state index contributed by atoms with van der Waals surface area (Å²) in [5.41, 5.74) is 4.93. The van der Waals surface area contributed by atoms with Crippen molar-refractivity contribution in [2.45, 2.75) is 0 Å². The lowest BCUT2D eigenvalue weighted by Gasteiger charge is -2.15. The zero-order valence-electron chi connectivity index (χ0n) is 20.4. The first kappa shape index (κ1) is 22.8. The van der Waals surface area contributed by atoms with E-state index < -0.39 is 0 Å². The summed E-state index contributed by atoms with van der Waals surface area (Å²) in [5, 5.41) is 6.90. The lowest BCUT2D eigenvalue weighted by Crippen LogP contribution is -1.97. The van der Waals surface area contributed by atoms with Gasteiger partial charge in [0, 0.05) is 26.6 Å². The van der Waals surface area contributed by atoms with Gasteiger partial charge in [0.2, 0.25) is 0 Å². The van der Waals surface area contributed by atoms with Gasteiger partial charge in [-0.25, -0.2) is 9.97 Å². The van der Waals surface area contributed by atoms with Crippen LogP contribution in [0.1, 0.15) is 17.0 Å². The molecule has 0 fully saturated rings. The summed E-state index contributed by atoms with van der Waals surface area (Å²) < 4.78 is 1.19. The first-order valence-corrected chi connectivity index (χ1v) is 12.9. The van der Waals surface area contributed by atoms with E-state index in [1.807, 2.05) is 18.2 Å². The quantitative estimate of drug-likeness (QED) is 0.171. The topological polar surface area (TPSA) is 25.8 Å². The van der Waals surface area contributed by atoms with E-state index in [1.54, 1.807) is 23.5 Å². The lowest BCUT2D eigenvalue weighted by atomic mass is 9.90. The molecule has 176 valence electrons. The summed E-state index contributed by atoms with van der Waals surface area (Å²) in [6.45, 7) is 16.1. The minimum Gasteiger partial charge on any atom is -0.227 e. The Hall–Kier alpha value is -4.60. The fourth-order valence-electron chi connectivity index (χ4n) is 5.15. The Labute approximate surface area is 219 Å². The molecule has 0 radical (unpaired) electrons. The molecule has 0 saturated heterocycles. The molecule has 0 saturated carbocycles. The van der Waals surface area contributed by atoms with E-state index in [1.165, 1.54) is 20.9 Å². The molecule has 2 aromatic heterocycles. The number of thiophene rings is 1. The van der Waals surface area contributed by atoms with Crippen molar-refractivity contribution < 1.29 is 0 Å². The summed E-state index contributed by atoms with van der Waals surface area (Å²) in [4.78, 5) is 11.0. The van der Waals surface area contributed by atoms with Crippen molar-refractivity contribution in [2.75, 3.05) is 0 Å². The van der Waals surface area contributed by atoms with Crippen LogP contribution < -0.4 is 0 Å². The third-order valence-corrected chi connectivity index (χ3v) is 7.87. The highest BCUT2D eigenvalue weighted by atomic mass is 32.1. The first-order chi connectivity index (χ1) is 18.2. The number of hydrogen-bond donors (Lipinski definition) is 0. The van der Waals surface area contributed by atoms with E-state index in [2.05, 4.69) is 93.0 Å². The van der Waals surface area contributed by atoms with Gasteiger partial charge in [0.05, 0.1) is 5.69 Å². The molecule has 6 aromatic rings.